The molecule has 0 amide bonds. The maximum atomic E-state index is 11.8. The van der Waals surface area contributed by atoms with Gasteiger partial charge in [-0.15, -0.1) is 11.8 Å². The minimum Gasteiger partial charge on any atom is -0.321 e. The highest BCUT2D eigenvalue weighted by atomic mass is 32.7. The molecule has 0 saturated heterocycles. The van der Waals surface area contributed by atoms with Crippen LogP contribution in [0.5, 0.6) is 0 Å². The third kappa shape index (κ3) is 8.22. The molecule has 2 unspecified atom stereocenters. The van der Waals surface area contributed by atoms with Crippen molar-refractivity contribution in [3.05, 3.63) is 0 Å². The molecule has 5 heteroatoms. The van der Waals surface area contributed by atoms with E-state index in [9.17, 15) is 4.57 Å². The first-order chi connectivity index (χ1) is 6.52. The van der Waals surface area contributed by atoms with E-state index >= 15 is 0 Å². The smallest absolute Gasteiger partial charge is 0.255 e. The monoisotopic (exact) mass is 256 g/mol. The Balaban J connectivity index is 3.60. The molecule has 0 saturated carbocycles. The maximum Gasteiger partial charge on any atom is 0.255 e. The molecule has 0 aromatic rings. The lowest BCUT2D eigenvalue weighted by Gasteiger charge is -2.13. The Labute approximate surface area is 96.1 Å². The summed E-state index contributed by atoms with van der Waals surface area (Å²) in [6.45, 7) is 6.33. The molecule has 0 aliphatic rings. The number of hydrogen-bond donors (Lipinski definition) is 0. The summed E-state index contributed by atoms with van der Waals surface area (Å²) in [7, 11) is 0. The lowest BCUT2D eigenvalue weighted by Crippen LogP contribution is -1.93. The summed E-state index contributed by atoms with van der Waals surface area (Å²) < 4.78 is 17.1. The molecule has 0 rings (SSSR count). The number of hydrogen-bond acceptors (Lipinski definition) is 4. The van der Waals surface area contributed by atoms with Crippen LogP contribution < -0.4 is 0 Å². The largest absolute Gasteiger partial charge is 0.321 e. The van der Waals surface area contributed by atoms with Gasteiger partial charge in [0.05, 0.1) is 6.61 Å². The standard InChI is InChI=1S/C9H21O2PS2/c1-5-7-11-12(4,10)14-8-13-9(3)6-2/h9H,5-8H2,1-4H3. The molecule has 0 spiro atoms. The summed E-state index contributed by atoms with van der Waals surface area (Å²) in [6.07, 6.45) is 2.09. The van der Waals surface area contributed by atoms with Gasteiger partial charge in [-0.25, -0.2) is 0 Å². The Morgan fingerprint density at radius 2 is 2.07 bits per heavy atom. The molecule has 2 nitrogen and oxygen atoms in total. The molecule has 0 aliphatic heterocycles. The Bertz CT molecular complexity index is 188. The number of rotatable bonds is 8. The van der Waals surface area contributed by atoms with Crippen molar-refractivity contribution in [3.63, 3.8) is 0 Å². The lowest BCUT2D eigenvalue weighted by molar-refractivity contribution is 0.328. The van der Waals surface area contributed by atoms with Gasteiger partial charge in [0, 0.05) is 17.0 Å². The molecule has 0 bridgehead atoms. The van der Waals surface area contributed by atoms with Gasteiger partial charge in [0.2, 0.25) is 0 Å². The van der Waals surface area contributed by atoms with Crippen molar-refractivity contribution in [1.82, 2.24) is 0 Å². The van der Waals surface area contributed by atoms with E-state index in [1.54, 1.807) is 6.66 Å². The molecule has 0 aliphatic carbocycles. The van der Waals surface area contributed by atoms with Crippen molar-refractivity contribution in [2.75, 3.05) is 18.4 Å². The Morgan fingerprint density at radius 3 is 2.57 bits per heavy atom. The second-order valence-corrected chi connectivity index (χ2v) is 10.1. The molecule has 0 aromatic heterocycles. The van der Waals surface area contributed by atoms with Gasteiger partial charge in [-0.05, 0) is 12.8 Å². The van der Waals surface area contributed by atoms with Crippen molar-refractivity contribution in [2.24, 2.45) is 0 Å². The van der Waals surface area contributed by atoms with Crippen LogP contribution in [-0.4, -0.2) is 23.6 Å². The van der Waals surface area contributed by atoms with Gasteiger partial charge in [0.15, 0.2) is 0 Å². The molecule has 0 fully saturated rings. The topological polar surface area (TPSA) is 26.3 Å². The predicted octanol–water partition coefficient (Wildman–Crippen LogP) is 4.46. The Morgan fingerprint density at radius 1 is 1.43 bits per heavy atom. The zero-order chi connectivity index (χ0) is 11.0. The summed E-state index contributed by atoms with van der Waals surface area (Å²) in [5, 5.41) is 1.51. The third-order valence-electron chi connectivity index (χ3n) is 1.74. The molecule has 0 aromatic carbocycles. The van der Waals surface area contributed by atoms with Crippen molar-refractivity contribution < 1.29 is 9.09 Å². The predicted molar refractivity (Wildman–Crippen MR) is 69.6 cm³/mol. The van der Waals surface area contributed by atoms with Crippen molar-refractivity contribution >= 4 is 29.7 Å². The SMILES string of the molecule is CCCOP(C)(=O)SCSC(C)CC. The highest BCUT2D eigenvalue weighted by Crippen LogP contribution is 2.57. The van der Waals surface area contributed by atoms with Gasteiger partial charge >= 0.3 is 0 Å². The van der Waals surface area contributed by atoms with E-state index in [1.807, 2.05) is 18.7 Å². The fourth-order valence-electron chi connectivity index (χ4n) is 0.655. The van der Waals surface area contributed by atoms with Crippen LogP contribution >= 0.6 is 29.7 Å². The molecular formula is C9H21O2PS2. The van der Waals surface area contributed by atoms with E-state index in [1.165, 1.54) is 11.4 Å². The lowest BCUT2D eigenvalue weighted by atomic mass is 10.4. The van der Waals surface area contributed by atoms with E-state index in [-0.39, 0.29) is 0 Å². The van der Waals surface area contributed by atoms with Crippen LogP contribution in [-0.2, 0) is 9.09 Å². The molecule has 0 heterocycles. The first-order valence-electron chi connectivity index (χ1n) is 5.00. The van der Waals surface area contributed by atoms with E-state index in [4.69, 9.17) is 4.52 Å². The zero-order valence-electron chi connectivity index (χ0n) is 9.49. The fraction of sp³-hybridized carbons (Fsp3) is 1.00. The quantitative estimate of drug-likeness (QED) is 0.473. The maximum absolute atomic E-state index is 11.8. The highest BCUT2D eigenvalue weighted by molar-refractivity contribution is 8.58. The third-order valence-corrected chi connectivity index (χ3v) is 7.41. The Kier molecular flexibility index (Phi) is 8.60. The van der Waals surface area contributed by atoms with Gasteiger partial charge in [0.1, 0.15) is 0 Å². The molecule has 0 radical (unpaired) electrons. The molecule has 2 atom stereocenters. The molecule has 86 valence electrons. The second-order valence-electron chi connectivity index (χ2n) is 3.24. The molecule has 14 heavy (non-hydrogen) atoms. The van der Waals surface area contributed by atoms with Gasteiger partial charge in [-0.1, -0.05) is 32.2 Å². The van der Waals surface area contributed by atoms with E-state index < -0.39 is 6.57 Å². The van der Waals surface area contributed by atoms with Crippen LogP contribution in [0.15, 0.2) is 0 Å². The van der Waals surface area contributed by atoms with Crippen LogP contribution in [0, 0.1) is 0 Å². The average molecular weight is 256 g/mol. The molecular weight excluding hydrogens is 235 g/mol. The van der Waals surface area contributed by atoms with Crippen LogP contribution in [0.3, 0.4) is 0 Å². The van der Waals surface area contributed by atoms with Gasteiger partial charge in [0.25, 0.3) is 6.57 Å². The number of thioether (sulfide) groups is 1. The zero-order valence-corrected chi connectivity index (χ0v) is 12.0. The normalized spacial score (nSPS) is 17.7. The summed E-state index contributed by atoms with van der Waals surface area (Å²) in [6, 6.07) is 0. The summed E-state index contributed by atoms with van der Waals surface area (Å²) in [5.41, 5.74) is 0. The van der Waals surface area contributed by atoms with E-state index in [2.05, 4.69) is 13.8 Å². The van der Waals surface area contributed by atoms with Gasteiger partial charge in [-0.2, -0.15) is 0 Å². The van der Waals surface area contributed by atoms with Gasteiger partial charge in [-0.3, -0.25) is 4.57 Å². The van der Waals surface area contributed by atoms with Crippen LogP contribution in [0.4, 0.5) is 0 Å². The van der Waals surface area contributed by atoms with Gasteiger partial charge < -0.3 is 4.52 Å². The van der Waals surface area contributed by atoms with Crippen LogP contribution in [0.25, 0.3) is 0 Å². The van der Waals surface area contributed by atoms with Crippen molar-refractivity contribution in [2.45, 2.75) is 38.9 Å². The highest BCUT2D eigenvalue weighted by Gasteiger charge is 2.16. The Hall–Kier alpha value is 0.890. The average Bonchev–Trinajstić information content (AvgIpc) is 2.14. The van der Waals surface area contributed by atoms with E-state index in [0.29, 0.717) is 11.9 Å². The molecule has 0 N–H and O–H groups in total. The van der Waals surface area contributed by atoms with Crippen molar-refractivity contribution in [1.29, 1.82) is 0 Å². The first-order valence-corrected chi connectivity index (χ1v) is 9.71. The summed E-state index contributed by atoms with van der Waals surface area (Å²) in [4.78, 5) is 0. The second kappa shape index (κ2) is 8.09. The van der Waals surface area contributed by atoms with Crippen molar-refractivity contribution in [3.8, 4) is 0 Å². The first kappa shape index (κ1) is 14.9. The fourth-order valence-corrected chi connectivity index (χ4v) is 6.14. The summed E-state index contributed by atoms with van der Waals surface area (Å²) >= 11 is 3.31. The van der Waals surface area contributed by atoms with E-state index in [0.717, 1.165) is 17.9 Å². The summed E-state index contributed by atoms with van der Waals surface area (Å²) in [5.74, 6) is 0. The van der Waals surface area contributed by atoms with Crippen LogP contribution in [0.1, 0.15) is 33.6 Å². The minimum absolute atomic E-state index is 0.606. The van der Waals surface area contributed by atoms with Crippen LogP contribution in [0.2, 0.25) is 0 Å². The minimum atomic E-state index is -2.38.